The Morgan fingerprint density at radius 3 is 2.49 bits per heavy atom. The molecule has 39 heavy (non-hydrogen) atoms. The average molecular weight is 569 g/mol. The van der Waals surface area contributed by atoms with Gasteiger partial charge in [0.2, 0.25) is 5.91 Å². The van der Waals surface area contributed by atoms with Gasteiger partial charge in [-0.15, -0.1) is 21.5 Å². The number of carbonyl (C=O) groups is 2. The zero-order valence-corrected chi connectivity index (χ0v) is 21.9. The smallest absolute Gasteiger partial charge is 0.270 e. The largest absolute Gasteiger partial charge is 0.345 e. The van der Waals surface area contributed by atoms with E-state index in [0.717, 1.165) is 11.8 Å². The number of carbonyl (C=O) groups excluding carboxylic acids is 2. The summed E-state index contributed by atoms with van der Waals surface area (Å²) in [6, 6.07) is 11.5. The lowest BCUT2D eigenvalue weighted by Gasteiger charge is -2.08. The standard InChI is InChI=1S/C23H20N8O6S2/c1-2-29-19(11-24-21(33)15-6-4-8-17(10-15)31(36)37)27-28-23(29)39-13-20(32)26-22-25-18(12-38-22)14-5-3-7-16(9-14)30(34)35/h3-10,12H,2,11,13H2,1H3,(H,24,33)(H,25,26,32). The van der Waals surface area contributed by atoms with Crippen molar-refractivity contribution in [1.82, 2.24) is 25.1 Å². The van der Waals surface area contributed by atoms with Crippen molar-refractivity contribution in [3.8, 4) is 11.3 Å². The third-order valence-electron chi connectivity index (χ3n) is 5.27. The molecule has 200 valence electrons. The van der Waals surface area contributed by atoms with E-state index >= 15 is 0 Å². The summed E-state index contributed by atoms with van der Waals surface area (Å²) >= 11 is 2.35. The number of thioether (sulfide) groups is 1. The molecule has 2 heterocycles. The zero-order valence-electron chi connectivity index (χ0n) is 20.3. The first-order valence-corrected chi connectivity index (χ1v) is 13.2. The van der Waals surface area contributed by atoms with E-state index in [9.17, 15) is 29.8 Å². The second kappa shape index (κ2) is 12.2. The quantitative estimate of drug-likeness (QED) is 0.152. The minimum atomic E-state index is -0.575. The second-order valence-corrected chi connectivity index (χ2v) is 9.62. The maximum Gasteiger partial charge on any atom is 0.270 e. The molecule has 2 aromatic carbocycles. The fraction of sp³-hybridized carbons (Fsp3) is 0.174. The first kappa shape index (κ1) is 27.3. The summed E-state index contributed by atoms with van der Waals surface area (Å²) in [4.78, 5) is 50.2. The number of thiazole rings is 1. The van der Waals surface area contributed by atoms with Gasteiger partial charge < -0.3 is 15.2 Å². The monoisotopic (exact) mass is 568 g/mol. The molecule has 0 saturated carbocycles. The predicted octanol–water partition coefficient (Wildman–Crippen LogP) is 3.90. The van der Waals surface area contributed by atoms with E-state index in [4.69, 9.17) is 0 Å². The molecule has 0 radical (unpaired) electrons. The topological polar surface area (TPSA) is 188 Å². The summed E-state index contributed by atoms with van der Waals surface area (Å²) in [5, 5.41) is 38.1. The van der Waals surface area contributed by atoms with Crippen molar-refractivity contribution in [2.75, 3.05) is 11.1 Å². The van der Waals surface area contributed by atoms with Crippen LogP contribution in [-0.4, -0.2) is 47.2 Å². The Morgan fingerprint density at radius 1 is 1.05 bits per heavy atom. The van der Waals surface area contributed by atoms with Gasteiger partial charge in [-0.2, -0.15) is 0 Å². The molecule has 0 unspecified atom stereocenters. The number of aromatic nitrogens is 4. The molecular formula is C23H20N8O6S2. The number of hydrogen-bond acceptors (Lipinski definition) is 11. The fourth-order valence-electron chi connectivity index (χ4n) is 3.42. The first-order valence-electron chi connectivity index (χ1n) is 11.3. The van der Waals surface area contributed by atoms with Crippen LogP contribution in [0.1, 0.15) is 23.1 Å². The summed E-state index contributed by atoms with van der Waals surface area (Å²) in [7, 11) is 0. The van der Waals surface area contributed by atoms with Gasteiger partial charge in [0, 0.05) is 47.3 Å². The van der Waals surface area contributed by atoms with Crippen LogP contribution in [-0.2, 0) is 17.9 Å². The van der Waals surface area contributed by atoms with Crippen molar-refractivity contribution >= 4 is 51.4 Å². The molecule has 0 aliphatic rings. The lowest BCUT2D eigenvalue weighted by molar-refractivity contribution is -0.385. The van der Waals surface area contributed by atoms with Gasteiger partial charge in [-0.3, -0.25) is 29.8 Å². The third kappa shape index (κ3) is 6.79. The molecule has 0 saturated heterocycles. The second-order valence-electron chi connectivity index (χ2n) is 7.82. The molecule has 0 atom stereocenters. The van der Waals surface area contributed by atoms with Crippen LogP contribution in [0, 0.1) is 20.2 Å². The first-order chi connectivity index (χ1) is 18.7. The number of nitro groups is 2. The van der Waals surface area contributed by atoms with Crippen molar-refractivity contribution in [2.24, 2.45) is 0 Å². The van der Waals surface area contributed by atoms with Gasteiger partial charge in [-0.1, -0.05) is 30.0 Å². The van der Waals surface area contributed by atoms with Crippen LogP contribution in [0.4, 0.5) is 16.5 Å². The molecule has 0 spiro atoms. The van der Waals surface area contributed by atoms with Crippen LogP contribution in [0.5, 0.6) is 0 Å². The molecule has 2 N–H and O–H groups in total. The summed E-state index contributed by atoms with van der Waals surface area (Å²) in [6.07, 6.45) is 0. The van der Waals surface area contributed by atoms with E-state index in [2.05, 4.69) is 25.8 Å². The van der Waals surface area contributed by atoms with Gasteiger partial charge in [0.15, 0.2) is 16.1 Å². The summed E-state index contributed by atoms with van der Waals surface area (Å²) in [5.41, 5.74) is 0.986. The zero-order chi connectivity index (χ0) is 27.9. The highest BCUT2D eigenvalue weighted by atomic mass is 32.2. The number of non-ortho nitro benzene ring substituents is 2. The van der Waals surface area contributed by atoms with Gasteiger partial charge in [0.1, 0.15) is 0 Å². The normalized spacial score (nSPS) is 10.7. The molecule has 0 fully saturated rings. The number of nitro benzene ring substituents is 2. The Labute approximate surface area is 228 Å². The molecule has 4 rings (SSSR count). The highest BCUT2D eigenvalue weighted by Crippen LogP contribution is 2.28. The van der Waals surface area contributed by atoms with Gasteiger partial charge in [-0.05, 0) is 13.0 Å². The molecule has 14 nitrogen and oxygen atoms in total. The molecule has 0 aliphatic heterocycles. The van der Waals surface area contributed by atoms with Crippen molar-refractivity contribution in [1.29, 1.82) is 0 Å². The third-order valence-corrected chi connectivity index (χ3v) is 7.00. The Kier molecular flexibility index (Phi) is 8.57. The van der Waals surface area contributed by atoms with Crippen LogP contribution >= 0.6 is 23.1 Å². The van der Waals surface area contributed by atoms with Crippen LogP contribution in [0.3, 0.4) is 0 Å². The maximum atomic E-state index is 12.5. The number of rotatable bonds is 11. The van der Waals surface area contributed by atoms with E-state index < -0.39 is 15.8 Å². The Hall–Kier alpha value is -4.70. The van der Waals surface area contributed by atoms with E-state index in [1.165, 1.54) is 47.7 Å². The lowest BCUT2D eigenvalue weighted by Crippen LogP contribution is -2.25. The van der Waals surface area contributed by atoms with E-state index in [0.29, 0.717) is 33.9 Å². The molecular weight excluding hydrogens is 548 g/mol. The highest BCUT2D eigenvalue weighted by molar-refractivity contribution is 7.99. The Bertz CT molecular complexity index is 1550. The minimum absolute atomic E-state index is 0.0178. The summed E-state index contributed by atoms with van der Waals surface area (Å²) in [6.45, 7) is 2.39. The average Bonchev–Trinajstić information content (AvgIpc) is 3.57. The lowest BCUT2D eigenvalue weighted by atomic mass is 10.1. The maximum absolute atomic E-state index is 12.5. The molecule has 0 aliphatic carbocycles. The molecule has 2 amide bonds. The van der Waals surface area contributed by atoms with E-state index in [1.54, 1.807) is 22.1 Å². The van der Waals surface area contributed by atoms with Crippen LogP contribution in [0.2, 0.25) is 0 Å². The number of anilines is 1. The highest BCUT2D eigenvalue weighted by Gasteiger charge is 2.17. The fourth-order valence-corrected chi connectivity index (χ4v) is 4.98. The minimum Gasteiger partial charge on any atom is -0.345 e. The number of benzene rings is 2. The van der Waals surface area contributed by atoms with Crippen molar-refractivity contribution in [3.05, 3.63) is 85.5 Å². The summed E-state index contributed by atoms with van der Waals surface area (Å²) in [5.74, 6) is -0.345. The number of amides is 2. The van der Waals surface area contributed by atoms with Gasteiger partial charge >= 0.3 is 0 Å². The predicted molar refractivity (Wildman–Crippen MR) is 144 cm³/mol. The van der Waals surface area contributed by atoms with Crippen molar-refractivity contribution < 1.29 is 19.4 Å². The van der Waals surface area contributed by atoms with Gasteiger partial charge in [0.25, 0.3) is 17.3 Å². The summed E-state index contributed by atoms with van der Waals surface area (Å²) < 4.78 is 1.75. The Morgan fingerprint density at radius 2 is 1.77 bits per heavy atom. The molecule has 16 heteroatoms. The van der Waals surface area contributed by atoms with Gasteiger partial charge in [0.05, 0.1) is 27.8 Å². The molecule has 4 aromatic rings. The van der Waals surface area contributed by atoms with Crippen LogP contribution < -0.4 is 10.6 Å². The molecule has 2 aromatic heterocycles. The molecule has 0 bridgehead atoms. The number of hydrogen-bond donors (Lipinski definition) is 2. The van der Waals surface area contributed by atoms with Crippen molar-refractivity contribution in [3.63, 3.8) is 0 Å². The van der Waals surface area contributed by atoms with E-state index in [1.807, 2.05) is 6.92 Å². The van der Waals surface area contributed by atoms with Crippen LogP contribution in [0.25, 0.3) is 11.3 Å². The van der Waals surface area contributed by atoms with Crippen LogP contribution in [0.15, 0.2) is 59.1 Å². The Balaban J connectivity index is 1.33. The number of nitrogens with one attached hydrogen (secondary N) is 2. The van der Waals surface area contributed by atoms with Crippen molar-refractivity contribution in [2.45, 2.75) is 25.2 Å². The SMILES string of the molecule is CCn1c(CNC(=O)c2cccc([N+](=O)[O-])c2)nnc1SCC(=O)Nc1nc(-c2cccc([N+](=O)[O-])c2)cs1. The van der Waals surface area contributed by atoms with E-state index in [-0.39, 0.29) is 35.1 Å². The number of nitrogens with zero attached hydrogens (tertiary/aromatic N) is 6. The van der Waals surface area contributed by atoms with Gasteiger partial charge in [-0.25, -0.2) is 4.98 Å².